The Hall–Kier alpha value is -2.22. The maximum Gasteiger partial charge on any atom is 0.262 e. The van der Waals surface area contributed by atoms with E-state index >= 15 is 0 Å². The first-order valence-corrected chi connectivity index (χ1v) is 9.08. The Bertz CT molecular complexity index is 938. The van der Waals surface area contributed by atoms with E-state index < -0.39 is 0 Å². The molecule has 26 heavy (non-hydrogen) atoms. The van der Waals surface area contributed by atoms with Crippen molar-refractivity contribution < 1.29 is 4.79 Å². The molecule has 2 aromatic heterocycles. The molecule has 0 saturated carbocycles. The van der Waals surface area contributed by atoms with E-state index in [0.717, 1.165) is 22.6 Å². The number of aryl methyl sites for hydroxylation is 1. The number of nitrogens with zero attached hydrogens (tertiary/aromatic N) is 2. The van der Waals surface area contributed by atoms with E-state index in [4.69, 9.17) is 0 Å². The van der Waals surface area contributed by atoms with Gasteiger partial charge in [0, 0.05) is 25.2 Å². The van der Waals surface area contributed by atoms with E-state index in [1.54, 1.807) is 6.07 Å². The van der Waals surface area contributed by atoms with Gasteiger partial charge in [0.05, 0.1) is 11.7 Å². The Morgan fingerprint density at radius 1 is 1.27 bits per heavy atom. The van der Waals surface area contributed by atoms with Crippen LogP contribution in [0, 0.1) is 0 Å². The standard InChI is InChI=1S/C18H20N4O2S.ClH/c1-2-19-11-13-5-3-4-6-15(13)21-16(23)7-9-22-12-20-17-14(18(22)24)8-10-25-17;/h3-6,8,10,12,19H,2,7,9,11H2,1H3,(H,21,23);1H. The van der Waals surface area contributed by atoms with Gasteiger partial charge in [0.25, 0.3) is 5.56 Å². The molecule has 0 aliphatic heterocycles. The van der Waals surface area contributed by atoms with E-state index in [1.807, 2.05) is 36.6 Å². The van der Waals surface area contributed by atoms with E-state index in [0.29, 0.717) is 18.5 Å². The van der Waals surface area contributed by atoms with Crippen LogP contribution in [0.1, 0.15) is 18.9 Å². The topological polar surface area (TPSA) is 76.0 Å². The summed E-state index contributed by atoms with van der Waals surface area (Å²) in [5.41, 5.74) is 1.73. The normalized spacial score (nSPS) is 10.5. The highest BCUT2D eigenvalue weighted by atomic mass is 35.5. The number of rotatable bonds is 7. The second kappa shape index (κ2) is 9.47. The lowest BCUT2D eigenvalue weighted by atomic mass is 10.1. The smallest absolute Gasteiger partial charge is 0.262 e. The lowest BCUT2D eigenvalue weighted by molar-refractivity contribution is -0.116. The molecule has 0 aliphatic carbocycles. The number of aromatic nitrogens is 2. The summed E-state index contributed by atoms with van der Waals surface area (Å²) in [6.45, 7) is 3.91. The van der Waals surface area contributed by atoms with Crippen LogP contribution in [0.5, 0.6) is 0 Å². The molecular formula is C18H21ClN4O2S. The second-order valence-corrected chi connectivity index (χ2v) is 6.51. The molecule has 6 nitrogen and oxygen atoms in total. The van der Waals surface area contributed by atoms with Gasteiger partial charge in [-0.2, -0.15) is 0 Å². The van der Waals surface area contributed by atoms with Gasteiger partial charge in [0.15, 0.2) is 0 Å². The molecule has 2 heterocycles. The molecule has 0 spiro atoms. The van der Waals surface area contributed by atoms with E-state index in [-0.39, 0.29) is 30.3 Å². The summed E-state index contributed by atoms with van der Waals surface area (Å²) < 4.78 is 1.49. The first-order chi connectivity index (χ1) is 12.2. The lowest BCUT2D eigenvalue weighted by Gasteiger charge is -2.12. The van der Waals surface area contributed by atoms with E-state index in [9.17, 15) is 9.59 Å². The van der Waals surface area contributed by atoms with Crippen LogP contribution < -0.4 is 16.2 Å². The maximum atomic E-state index is 12.3. The zero-order valence-corrected chi connectivity index (χ0v) is 16.0. The highest BCUT2D eigenvalue weighted by Gasteiger charge is 2.09. The van der Waals surface area contributed by atoms with Crippen LogP contribution in [0.3, 0.4) is 0 Å². The van der Waals surface area contributed by atoms with Crippen molar-refractivity contribution in [3.63, 3.8) is 0 Å². The SMILES string of the molecule is CCNCc1ccccc1NC(=O)CCn1cnc2sccc2c1=O.Cl. The lowest BCUT2D eigenvalue weighted by Crippen LogP contribution is -2.23. The molecule has 0 atom stereocenters. The third kappa shape index (κ3) is 4.69. The number of anilines is 1. The molecule has 0 saturated heterocycles. The molecule has 3 rings (SSSR count). The summed E-state index contributed by atoms with van der Waals surface area (Å²) in [5.74, 6) is -0.124. The zero-order chi connectivity index (χ0) is 17.6. The largest absolute Gasteiger partial charge is 0.326 e. The fraction of sp³-hybridized carbons (Fsp3) is 0.278. The average Bonchev–Trinajstić information content (AvgIpc) is 3.10. The van der Waals surface area contributed by atoms with Gasteiger partial charge in [-0.15, -0.1) is 23.7 Å². The highest BCUT2D eigenvalue weighted by Crippen LogP contribution is 2.16. The highest BCUT2D eigenvalue weighted by molar-refractivity contribution is 7.16. The number of carbonyl (C=O) groups excluding carboxylic acids is 1. The Morgan fingerprint density at radius 3 is 2.88 bits per heavy atom. The van der Waals surface area contributed by atoms with E-state index in [1.165, 1.54) is 22.2 Å². The van der Waals surface area contributed by atoms with Crippen LogP contribution in [0.2, 0.25) is 0 Å². The molecule has 0 bridgehead atoms. The van der Waals surface area contributed by atoms with Crippen LogP contribution in [0.25, 0.3) is 10.2 Å². The summed E-state index contributed by atoms with van der Waals surface area (Å²) in [4.78, 5) is 29.6. The molecule has 1 aromatic carbocycles. The van der Waals surface area contributed by atoms with Crippen LogP contribution in [0.4, 0.5) is 5.69 Å². The van der Waals surface area contributed by atoms with E-state index in [2.05, 4.69) is 15.6 Å². The minimum Gasteiger partial charge on any atom is -0.326 e. The van der Waals surface area contributed by atoms with Gasteiger partial charge in [-0.1, -0.05) is 25.1 Å². The third-order valence-corrected chi connectivity index (χ3v) is 4.71. The minimum atomic E-state index is -0.124. The van der Waals surface area contributed by atoms with Crippen LogP contribution in [0.15, 0.2) is 46.8 Å². The molecule has 8 heteroatoms. The molecule has 3 aromatic rings. The van der Waals surface area contributed by atoms with Crippen molar-refractivity contribution in [1.29, 1.82) is 0 Å². The van der Waals surface area contributed by atoms with Crippen LogP contribution in [-0.4, -0.2) is 22.0 Å². The molecule has 138 valence electrons. The average molecular weight is 393 g/mol. The monoisotopic (exact) mass is 392 g/mol. The van der Waals surface area contributed by atoms with Crippen molar-refractivity contribution in [3.8, 4) is 0 Å². The van der Waals surface area contributed by atoms with Crippen molar-refractivity contribution in [3.05, 3.63) is 58.0 Å². The fourth-order valence-electron chi connectivity index (χ4n) is 2.54. The number of thiophene rings is 1. The fourth-order valence-corrected chi connectivity index (χ4v) is 3.27. The summed E-state index contributed by atoms with van der Waals surface area (Å²) in [6.07, 6.45) is 1.72. The molecule has 0 unspecified atom stereocenters. The molecular weight excluding hydrogens is 372 g/mol. The van der Waals surface area contributed by atoms with Gasteiger partial charge >= 0.3 is 0 Å². The number of fused-ring (bicyclic) bond motifs is 1. The van der Waals surface area contributed by atoms with Gasteiger partial charge in [-0.25, -0.2) is 4.98 Å². The van der Waals surface area contributed by atoms with Crippen LogP contribution in [-0.2, 0) is 17.9 Å². The first kappa shape index (κ1) is 20.1. The van der Waals surface area contributed by atoms with Gasteiger partial charge < -0.3 is 10.6 Å². The minimum absolute atomic E-state index is 0. The van der Waals surface area contributed by atoms with Gasteiger partial charge in [-0.3, -0.25) is 14.2 Å². The van der Waals surface area contributed by atoms with Crippen molar-refractivity contribution in [2.24, 2.45) is 0 Å². The van der Waals surface area contributed by atoms with Gasteiger partial charge in [0.2, 0.25) is 5.91 Å². The zero-order valence-electron chi connectivity index (χ0n) is 14.4. The first-order valence-electron chi connectivity index (χ1n) is 8.20. The Morgan fingerprint density at radius 2 is 2.08 bits per heavy atom. The predicted molar refractivity (Wildman–Crippen MR) is 108 cm³/mol. The number of hydrogen-bond acceptors (Lipinski definition) is 5. The van der Waals surface area contributed by atoms with Gasteiger partial charge in [0.1, 0.15) is 4.83 Å². The molecule has 0 fully saturated rings. The number of benzene rings is 1. The Kier molecular flexibility index (Phi) is 7.32. The van der Waals surface area contributed by atoms with Crippen molar-refractivity contribution in [1.82, 2.24) is 14.9 Å². The third-order valence-electron chi connectivity index (χ3n) is 3.89. The number of halogens is 1. The number of nitrogens with one attached hydrogen (secondary N) is 2. The molecule has 2 N–H and O–H groups in total. The summed E-state index contributed by atoms with van der Waals surface area (Å²) in [5, 5.41) is 8.63. The molecule has 0 aliphatic rings. The van der Waals surface area contributed by atoms with Crippen molar-refractivity contribution in [2.75, 3.05) is 11.9 Å². The maximum absolute atomic E-state index is 12.3. The summed E-state index contributed by atoms with van der Waals surface area (Å²) >= 11 is 1.43. The second-order valence-electron chi connectivity index (χ2n) is 5.62. The number of para-hydroxylation sites is 1. The summed E-state index contributed by atoms with van der Waals surface area (Å²) in [7, 11) is 0. The van der Waals surface area contributed by atoms with Crippen LogP contribution >= 0.6 is 23.7 Å². The van der Waals surface area contributed by atoms with Gasteiger partial charge in [-0.05, 0) is 29.6 Å². The molecule has 0 radical (unpaired) electrons. The Balaban J connectivity index is 0.00000243. The summed E-state index contributed by atoms with van der Waals surface area (Å²) in [6, 6.07) is 9.48. The predicted octanol–water partition coefficient (Wildman–Crippen LogP) is 3.02. The molecule has 1 amide bonds. The number of carbonyl (C=O) groups is 1. The van der Waals surface area contributed by atoms with Crippen molar-refractivity contribution in [2.45, 2.75) is 26.4 Å². The number of hydrogen-bond donors (Lipinski definition) is 2. The van der Waals surface area contributed by atoms with Crippen molar-refractivity contribution >= 4 is 45.6 Å². The number of amides is 1. The quantitative estimate of drug-likeness (QED) is 0.648. The Labute approximate surface area is 161 Å².